The van der Waals surface area contributed by atoms with Gasteiger partial charge in [0.05, 0.1) is 7.11 Å². The number of ether oxygens (including phenoxy) is 1. The molecule has 2 atom stereocenters. The second-order valence-corrected chi connectivity index (χ2v) is 5.72. The van der Waals surface area contributed by atoms with E-state index in [4.69, 9.17) is 4.74 Å². The van der Waals surface area contributed by atoms with E-state index in [0.717, 1.165) is 5.75 Å². The molecule has 0 aliphatic carbocycles. The Morgan fingerprint density at radius 3 is 2.65 bits per heavy atom. The molecule has 1 aliphatic heterocycles. The van der Waals surface area contributed by atoms with Crippen molar-refractivity contribution in [2.24, 2.45) is 0 Å². The van der Waals surface area contributed by atoms with E-state index in [1.54, 1.807) is 7.11 Å². The molecule has 1 saturated heterocycles. The van der Waals surface area contributed by atoms with E-state index in [1.807, 2.05) is 12.1 Å². The zero-order valence-corrected chi connectivity index (χ0v) is 13.1. The predicted octanol–water partition coefficient (Wildman–Crippen LogP) is 3.22. The predicted molar refractivity (Wildman–Crippen MR) is 84.3 cm³/mol. The quantitative estimate of drug-likeness (QED) is 0.893. The Labute approximate surface area is 123 Å². The molecule has 0 saturated carbocycles. The van der Waals surface area contributed by atoms with Gasteiger partial charge >= 0.3 is 0 Å². The molecule has 1 unspecified atom stereocenters. The van der Waals surface area contributed by atoms with Gasteiger partial charge in [-0.15, -0.1) is 0 Å². The van der Waals surface area contributed by atoms with Crippen molar-refractivity contribution in [3.05, 3.63) is 29.8 Å². The number of rotatable bonds is 5. The van der Waals surface area contributed by atoms with Crippen LogP contribution < -0.4 is 10.1 Å². The van der Waals surface area contributed by atoms with Gasteiger partial charge in [-0.1, -0.05) is 19.1 Å². The van der Waals surface area contributed by atoms with Crippen LogP contribution in [0.1, 0.15) is 44.7 Å². The molecule has 2 rings (SSSR count). The van der Waals surface area contributed by atoms with Crippen molar-refractivity contribution in [3.63, 3.8) is 0 Å². The lowest BCUT2D eigenvalue weighted by molar-refractivity contribution is 0.295. The normalized spacial score (nSPS) is 22.2. The Morgan fingerprint density at radius 1 is 1.25 bits per heavy atom. The van der Waals surface area contributed by atoms with E-state index in [1.165, 1.54) is 44.5 Å². The molecule has 1 aliphatic rings. The fraction of sp³-hybridized carbons (Fsp3) is 0.647. The van der Waals surface area contributed by atoms with E-state index in [2.05, 4.69) is 36.2 Å². The summed E-state index contributed by atoms with van der Waals surface area (Å²) in [7, 11) is 1.71. The van der Waals surface area contributed by atoms with E-state index in [-0.39, 0.29) is 0 Å². The van der Waals surface area contributed by atoms with Crippen molar-refractivity contribution in [2.75, 3.05) is 26.7 Å². The fourth-order valence-electron chi connectivity index (χ4n) is 2.98. The van der Waals surface area contributed by atoms with Crippen molar-refractivity contribution in [3.8, 4) is 5.75 Å². The lowest BCUT2D eigenvalue weighted by atomic mass is 10.0. The average Bonchev–Trinajstić information content (AvgIpc) is 2.72. The van der Waals surface area contributed by atoms with E-state index in [0.29, 0.717) is 12.1 Å². The van der Waals surface area contributed by atoms with Crippen LogP contribution in [0.15, 0.2) is 24.3 Å². The summed E-state index contributed by atoms with van der Waals surface area (Å²) in [4.78, 5) is 2.56. The van der Waals surface area contributed by atoms with E-state index >= 15 is 0 Å². The molecule has 0 spiro atoms. The molecule has 1 fully saturated rings. The molecule has 1 heterocycles. The van der Waals surface area contributed by atoms with Gasteiger partial charge in [-0.3, -0.25) is 0 Å². The summed E-state index contributed by atoms with van der Waals surface area (Å²) < 4.78 is 5.21. The Morgan fingerprint density at radius 2 is 2.00 bits per heavy atom. The van der Waals surface area contributed by atoms with Gasteiger partial charge in [0.1, 0.15) is 5.75 Å². The van der Waals surface area contributed by atoms with Gasteiger partial charge in [0.15, 0.2) is 0 Å². The van der Waals surface area contributed by atoms with Crippen LogP contribution in [0.2, 0.25) is 0 Å². The minimum Gasteiger partial charge on any atom is -0.497 e. The molecular weight excluding hydrogens is 248 g/mol. The molecule has 3 heteroatoms. The third-order valence-electron chi connectivity index (χ3n) is 4.37. The molecule has 0 bridgehead atoms. The molecule has 0 radical (unpaired) electrons. The first kappa shape index (κ1) is 15.3. The highest BCUT2D eigenvalue weighted by Gasteiger charge is 2.18. The summed E-state index contributed by atoms with van der Waals surface area (Å²) in [5.74, 6) is 0.925. The van der Waals surface area contributed by atoms with Gasteiger partial charge in [0.25, 0.3) is 0 Å². The topological polar surface area (TPSA) is 24.5 Å². The molecule has 1 N–H and O–H groups in total. The van der Waals surface area contributed by atoms with Crippen molar-refractivity contribution >= 4 is 0 Å². The van der Waals surface area contributed by atoms with Crippen LogP contribution in [0.25, 0.3) is 0 Å². The van der Waals surface area contributed by atoms with Crippen LogP contribution in [-0.2, 0) is 0 Å². The van der Waals surface area contributed by atoms with Crippen LogP contribution in [-0.4, -0.2) is 37.7 Å². The highest BCUT2D eigenvalue weighted by atomic mass is 16.5. The first-order valence-electron chi connectivity index (χ1n) is 7.85. The molecule has 112 valence electrons. The van der Waals surface area contributed by atoms with Crippen LogP contribution >= 0.6 is 0 Å². The second-order valence-electron chi connectivity index (χ2n) is 5.72. The van der Waals surface area contributed by atoms with Crippen molar-refractivity contribution in [2.45, 2.75) is 45.2 Å². The Hall–Kier alpha value is -1.06. The molecular formula is C17H28N2O. The van der Waals surface area contributed by atoms with Crippen molar-refractivity contribution in [1.29, 1.82) is 0 Å². The van der Waals surface area contributed by atoms with Gasteiger partial charge in [-0.25, -0.2) is 0 Å². The first-order valence-corrected chi connectivity index (χ1v) is 7.85. The third kappa shape index (κ3) is 4.22. The summed E-state index contributed by atoms with van der Waals surface area (Å²) >= 11 is 0. The summed E-state index contributed by atoms with van der Waals surface area (Å²) in [6.07, 6.45) is 3.85. The minimum absolute atomic E-state index is 0.402. The number of nitrogens with zero attached hydrogens (tertiary/aromatic N) is 1. The highest BCUT2D eigenvalue weighted by molar-refractivity contribution is 5.28. The fourth-order valence-corrected chi connectivity index (χ4v) is 2.98. The largest absolute Gasteiger partial charge is 0.497 e. The SMILES string of the molecule is CCN1CCCC(N[C@H](C)c2ccc(OC)cc2)CC1. The Bertz CT molecular complexity index is 390. The maximum atomic E-state index is 5.21. The monoisotopic (exact) mass is 276 g/mol. The first-order chi connectivity index (χ1) is 9.72. The summed E-state index contributed by atoms with van der Waals surface area (Å²) in [6.45, 7) is 8.17. The van der Waals surface area contributed by atoms with Gasteiger partial charge in [0.2, 0.25) is 0 Å². The van der Waals surface area contributed by atoms with Crippen LogP contribution in [0.3, 0.4) is 0 Å². The Kier molecular flexibility index (Phi) is 5.86. The number of hydrogen-bond acceptors (Lipinski definition) is 3. The van der Waals surface area contributed by atoms with Crippen molar-refractivity contribution < 1.29 is 4.74 Å². The van der Waals surface area contributed by atoms with Crippen LogP contribution in [0.4, 0.5) is 0 Å². The molecule has 1 aromatic carbocycles. The standard InChI is InChI=1S/C17H28N2O/c1-4-19-12-5-6-16(11-13-19)18-14(2)15-7-9-17(20-3)10-8-15/h7-10,14,16,18H,4-6,11-13H2,1-3H3/t14-,16?/m1/s1. The zero-order valence-electron chi connectivity index (χ0n) is 13.1. The van der Waals surface area contributed by atoms with Gasteiger partial charge in [-0.05, 0) is 63.5 Å². The van der Waals surface area contributed by atoms with Gasteiger partial charge in [0, 0.05) is 12.1 Å². The van der Waals surface area contributed by atoms with E-state index < -0.39 is 0 Å². The van der Waals surface area contributed by atoms with Crippen molar-refractivity contribution in [1.82, 2.24) is 10.2 Å². The van der Waals surface area contributed by atoms with Gasteiger partial charge < -0.3 is 15.0 Å². The Balaban J connectivity index is 1.88. The number of likely N-dealkylation sites (tertiary alicyclic amines) is 1. The maximum Gasteiger partial charge on any atom is 0.118 e. The van der Waals surface area contributed by atoms with Gasteiger partial charge in [-0.2, -0.15) is 0 Å². The van der Waals surface area contributed by atoms with E-state index in [9.17, 15) is 0 Å². The maximum absolute atomic E-state index is 5.21. The summed E-state index contributed by atoms with van der Waals surface area (Å²) in [5.41, 5.74) is 1.34. The smallest absolute Gasteiger partial charge is 0.118 e. The van der Waals surface area contributed by atoms with Crippen LogP contribution in [0.5, 0.6) is 5.75 Å². The average molecular weight is 276 g/mol. The second kappa shape index (κ2) is 7.65. The summed E-state index contributed by atoms with van der Waals surface area (Å²) in [5, 5.41) is 3.79. The third-order valence-corrected chi connectivity index (χ3v) is 4.37. The highest BCUT2D eigenvalue weighted by Crippen LogP contribution is 2.20. The minimum atomic E-state index is 0.402. The number of methoxy groups -OCH3 is 1. The molecule has 1 aromatic rings. The molecule has 3 nitrogen and oxygen atoms in total. The number of hydrogen-bond donors (Lipinski definition) is 1. The molecule has 20 heavy (non-hydrogen) atoms. The zero-order chi connectivity index (χ0) is 14.4. The number of benzene rings is 1. The van der Waals surface area contributed by atoms with Crippen LogP contribution in [0, 0.1) is 0 Å². The summed E-state index contributed by atoms with van der Waals surface area (Å²) in [6, 6.07) is 9.44. The molecule has 0 amide bonds. The molecule has 0 aromatic heterocycles. The lowest BCUT2D eigenvalue weighted by Gasteiger charge is -2.23. The lowest BCUT2D eigenvalue weighted by Crippen LogP contribution is -2.32. The number of nitrogens with one attached hydrogen (secondary N) is 1.